The first kappa shape index (κ1) is 15.4. The number of rotatable bonds is 7. The number of carbonyl (C=O) groups is 1. The Kier molecular flexibility index (Phi) is 6.65. The van der Waals surface area contributed by atoms with Gasteiger partial charge in [-0.05, 0) is 39.4 Å². The predicted molar refractivity (Wildman–Crippen MR) is 75.7 cm³/mol. The van der Waals surface area contributed by atoms with E-state index in [2.05, 4.69) is 42.8 Å². The first-order chi connectivity index (χ1) is 8.63. The maximum atomic E-state index is 12.4. The van der Waals surface area contributed by atoms with Crippen LogP contribution in [0.5, 0.6) is 0 Å². The lowest BCUT2D eigenvalue weighted by Gasteiger charge is -2.38. The summed E-state index contributed by atoms with van der Waals surface area (Å²) in [5.41, 5.74) is 0. The Morgan fingerprint density at radius 1 is 1.39 bits per heavy atom. The number of amides is 1. The van der Waals surface area contributed by atoms with Gasteiger partial charge >= 0.3 is 0 Å². The number of hydrogen-bond acceptors (Lipinski definition) is 3. The zero-order chi connectivity index (χ0) is 13.5. The molecule has 0 radical (unpaired) electrons. The Morgan fingerprint density at radius 2 is 2.06 bits per heavy atom. The van der Waals surface area contributed by atoms with Gasteiger partial charge in [-0.2, -0.15) is 0 Å². The highest BCUT2D eigenvalue weighted by atomic mass is 16.2. The average Bonchev–Trinajstić information content (AvgIpc) is 2.38. The van der Waals surface area contributed by atoms with Crippen LogP contribution in [0.3, 0.4) is 0 Å². The Morgan fingerprint density at radius 3 is 2.61 bits per heavy atom. The van der Waals surface area contributed by atoms with Gasteiger partial charge in [-0.25, -0.2) is 0 Å². The molecule has 1 amide bonds. The van der Waals surface area contributed by atoms with Crippen molar-refractivity contribution in [1.82, 2.24) is 15.1 Å². The molecule has 0 aromatic rings. The van der Waals surface area contributed by atoms with Gasteiger partial charge in [0, 0.05) is 19.1 Å². The third kappa shape index (κ3) is 3.95. The van der Waals surface area contributed by atoms with Gasteiger partial charge in [0.25, 0.3) is 0 Å². The second-order valence-corrected chi connectivity index (χ2v) is 5.12. The van der Waals surface area contributed by atoms with Gasteiger partial charge in [0.05, 0.1) is 6.04 Å². The molecule has 1 saturated heterocycles. The lowest BCUT2D eigenvalue weighted by atomic mass is 10.0. The molecule has 106 valence electrons. The molecule has 2 atom stereocenters. The number of carbonyl (C=O) groups excluding carboxylic acids is 1. The molecule has 1 fully saturated rings. The molecule has 2 unspecified atom stereocenters. The van der Waals surface area contributed by atoms with Gasteiger partial charge in [-0.1, -0.05) is 20.8 Å². The quantitative estimate of drug-likeness (QED) is 0.745. The molecule has 1 aliphatic heterocycles. The fourth-order valence-corrected chi connectivity index (χ4v) is 2.73. The SMILES string of the molecule is CCNC1CCCN(C(C)CN(CC)CC)C1=O. The summed E-state index contributed by atoms with van der Waals surface area (Å²) in [5, 5.41) is 3.30. The van der Waals surface area contributed by atoms with Crippen LogP contribution in [0.15, 0.2) is 0 Å². The smallest absolute Gasteiger partial charge is 0.239 e. The molecule has 0 aliphatic carbocycles. The third-order valence-corrected chi connectivity index (χ3v) is 3.87. The molecular weight excluding hydrogens is 226 g/mol. The van der Waals surface area contributed by atoms with Crippen molar-refractivity contribution in [3.05, 3.63) is 0 Å². The van der Waals surface area contributed by atoms with E-state index in [1.165, 1.54) is 0 Å². The fraction of sp³-hybridized carbons (Fsp3) is 0.929. The molecule has 0 spiro atoms. The maximum Gasteiger partial charge on any atom is 0.239 e. The van der Waals surface area contributed by atoms with Crippen LogP contribution in [-0.2, 0) is 4.79 Å². The van der Waals surface area contributed by atoms with Crippen molar-refractivity contribution in [2.75, 3.05) is 32.7 Å². The van der Waals surface area contributed by atoms with Gasteiger partial charge in [0.1, 0.15) is 0 Å². The summed E-state index contributed by atoms with van der Waals surface area (Å²) in [6, 6.07) is 0.363. The van der Waals surface area contributed by atoms with E-state index in [1.54, 1.807) is 0 Å². The predicted octanol–water partition coefficient (Wildman–Crippen LogP) is 1.32. The van der Waals surface area contributed by atoms with Gasteiger partial charge in [0.2, 0.25) is 5.91 Å². The van der Waals surface area contributed by atoms with Crippen molar-refractivity contribution in [3.8, 4) is 0 Å². The monoisotopic (exact) mass is 255 g/mol. The molecule has 0 bridgehead atoms. The highest BCUT2D eigenvalue weighted by molar-refractivity contribution is 5.82. The minimum atomic E-state index is 0.0444. The van der Waals surface area contributed by atoms with Gasteiger partial charge in [-0.15, -0.1) is 0 Å². The van der Waals surface area contributed by atoms with Crippen molar-refractivity contribution in [2.45, 2.75) is 52.6 Å². The molecule has 1 heterocycles. The first-order valence-electron chi connectivity index (χ1n) is 7.40. The lowest BCUT2D eigenvalue weighted by Crippen LogP contribution is -2.55. The highest BCUT2D eigenvalue weighted by Crippen LogP contribution is 2.15. The third-order valence-electron chi connectivity index (χ3n) is 3.87. The Hall–Kier alpha value is -0.610. The van der Waals surface area contributed by atoms with Crippen LogP contribution in [0.25, 0.3) is 0 Å². The number of piperidine rings is 1. The summed E-state index contributed by atoms with van der Waals surface area (Å²) < 4.78 is 0. The Bertz CT molecular complexity index is 251. The van der Waals surface area contributed by atoms with Gasteiger partial charge in [0.15, 0.2) is 0 Å². The molecule has 0 aromatic carbocycles. The summed E-state index contributed by atoms with van der Waals surface area (Å²) in [7, 11) is 0. The molecule has 1 N–H and O–H groups in total. The molecule has 1 rings (SSSR count). The Labute approximate surface area is 112 Å². The molecule has 0 aromatic heterocycles. The van der Waals surface area contributed by atoms with Gasteiger partial charge < -0.3 is 15.1 Å². The molecule has 4 nitrogen and oxygen atoms in total. The summed E-state index contributed by atoms with van der Waals surface area (Å²) >= 11 is 0. The molecule has 18 heavy (non-hydrogen) atoms. The van der Waals surface area contributed by atoms with Crippen LogP contribution < -0.4 is 5.32 Å². The maximum absolute atomic E-state index is 12.4. The van der Waals surface area contributed by atoms with E-state index in [-0.39, 0.29) is 6.04 Å². The fourth-order valence-electron chi connectivity index (χ4n) is 2.73. The molecule has 0 saturated carbocycles. The van der Waals surface area contributed by atoms with Crippen LogP contribution in [0.1, 0.15) is 40.5 Å². The van der Waals surface area contributed by atoms with Gasteiger partial charge in [-0.3, -0.25) is 4.79 Å². The van der Waals surface area contributed by atoms with Crippen LogP contribution >= 0.6 is 0 Å². The number of likely N-dealkylation sites (N-methyl/N-ethyl adjacent to an activating group) is 2. The largest absolute Gasteiger partial charge is 0.337 e. The van der Waals surface area contributed by atoms with Crippen molar-refractivity contribution in [1.29, 1.82) is 0 Å². The lowest BCUT2D eigenvalue weighted by molar-refractivity contribution is -0.138. The van der Waals surface area contributed by atoms with E-state index >= 15 is 0 Å². The average molecular weight is 255 g/mol. The standard InChI is InChI=1S/C14H29N3O/c1-5-15-13-9-8-10-17(14(13)18)12(4)11-16(6-2)7-3/h12-13,15H,5-11H2,1-4H3. The topological polar surface area (TPSA) is 35.6 Å². The second kappa shape index (κ2) is 7.74. The second-order valence-electron chi connectivity index (χ2n) is 5.12. The summed E-state index contributed by atoms with van der Waals surface area (Å²) in [4.78, 5) is 16.8. The zero-order valence-electron chi connectivity index (χ0n) is 12.4. The van der Waals surface area contributed by atoms with Crippen molar-refractivity contribution < 1.29 is 4.79 Å². The summed E-state index contributed by atoms with van der Waals surface area (Å²) in [5.74, 6) is 0.294. The molecule has 1 aliphatic rings. The molecule has 4 heteroatoms. The van der Waals surface area contributed by atoms with Crippen molar-refractivity contribution >= 4 is 5.91 Å². The van der Waals surface area contributed by atoms with Crippen LogP contribution in [0, 0.1) is 0 Å². The number of nitrogens with one attached hydrogen (secondary N) is 1. The van der Waals surface area contributed by atoms with E-state index < -0.39 is 0 Å². The van der Waals surface area contributed by atoms with E-state index in [0.717, 1.165) is 45.6 Å². The Balaban J connectivity index is 2.55. The van der Waals surface area contributed by atoms with E-state index in [4.69, 9.17) is 0 Å². The summed E-state index contributed by atoms with van der Waals surface area (Å²) in [6.07, 6.45) is 2.10. The van der Waals surface area contributed by atoms with E-state index in [9.17, 15) is 4.79 Å². The summed E-state index contributed by atoms with van der Waals surface area (Å²) in [6.45, 7) is 13.5. The number of nitrogens with zero attached hydrogens (tertiary/aromatic N) is 2. The normalized spacial score (nSPS) is 22.6. The van der Waals surface area contributed by atoms with E-state index in [1.807, 2.05) is 0 Å². The van der Waals surface area contributed by atoms with E-state index in [0.29, 0.717) is 11.9 Å². The van der Waals surface area contributed by atoms with Crippen molar-refractivity contribution in [3.63, 3.8) is 0 Å². The highest BCUT2D eigenvalue weighted by Gasteiger charge is 2.31. The van der Waals surface area contributed by atoms with Crippen LogP contribution in [-0.4, -0.2) is 60.5 Å². The minimum Gasteiger partial charge on any atom is -0.337 e. The first-order valence-corrected chi connectivity index (χ1v) is 7.40. The number of likely N-dealkylation sites (tertiary alicyclic amines) is 1. The van der Waals surface area contributed by atoms with Crippen molar-refractivity contribution in [2.24, 2.45) is 0 Å². The van der Waals surface area contributed by atoms with Crippen LogP contribution in [0.4, 0.5) is 0 Å². The minimum absolute atomic E-state index is 0.0444. The zero-order valence-corrected chi connectivity index (χ0v) is 12.4. The number of hydrogen-bond donors (Lipinski definition) is 1. The van der Waals surface area contributed by atoms with Crippen LogP contribution in [0.2, 0.25) is 0 Å². The molecular formula is C14H29N3O.